The topological polar surface area (TPSA) is 74.3 Å². The number of pyridine rings is 1. The molecular formula is C22H30N4O2. The number of nitrogens with zero attached hydrogens (tertiary/aromatic N) is 2. The van der Waals surface area contributed by atoms with Gasteiger partial charge in [0.15, 0.2) is 0 Å². The first-order valence-electron chi connectivity index (χ1n) is 10.3. The Morgan fingerprint density at radius 2 is 1.82 bits per heavy atom. The van der Waals surface area contributed by atoms with Crippen molar-refractivity contribution in [2.45, 2.75) is 63.8 Å². The molecule has 0 radical (unpaired) electrons. The Bertz CT molecular complexity index is 736. The molecule has 2 N–H and O–H groups in total. The summed E-state index contributed by atoms with van der Waals surface area (Å²) in [6.45, 7) is 3.95. The quantitative estimate of drug-likeness (QED) is 0.785. The fourth-order valence-corrected chi connectivity index (χ4v) is 3.98. The van der Waals surface area contributed by atoms with E-state index in [2.05, 4.69) is 32.4 Å². The number of rotatable bonds is 4. The minimum absolute atomic E-state index is 0.0808. The van der Waals surface area contributed by atoms with Crippen molar-refractivity contribution in [1.82, 2.24) is 15.2 Å². The molecule has 2 heterocycles. The SMILES string of the molecule is CC(=O)Nc1ccc(C#CC2(NC(=O)CN3CCCCC3)CCCCC2)cn1. The van der Waals surface area contributed by atoms with E-state index in [4.69, 9.17) is 0 Å². The maximum absolute atomic E-state index is 12.7. The molecular weight excluding hydrogens is 352 g/mol. The molecule has 6 nitrogen and oxygen atoms in total. The zero-order valence-electron chi connectivity index (χ0n) is 16.7. The van der Waals surface area contributed by atoms with Crippen LogP contribution in [0.1, 0.15) is 63.9 Å². The summed E-state index contributed by atoms with van der Waals surface area (Å²) < 4.78 is 0. The Morgan fingerprint density at radius 3 is 2.46 bits per heavy atom. The fraction of sp³-hybridized carbons (Fsp3) is 0.591. The second kappa shape index (κ2) is 9.70. The molecule has 2 amide bonds. The predicted molar refractivity (Wildman–Crippen MR) is 110 cm³/mol. The van der Waals surface area contributed by atoms with Crippen LogP contribution in [0.4, 0.5) is 5.82 Å². The van der Waals surface area contributed by atoms with Gasteiger partial charge in [0.25, 0.3) is 0 Å². The Morgan fingerprint density at radius 1 is 1.11 bits per heavy atom. The van der Waals surface area contributed by atoms with Gasteiger partial charge < -0.3 is 10.6 Å². The third kappa shape index (κ3) is 6.07. The first-order chi connectivity index (χ1) is 13.5. The van der Waals surface area contributed by atoms with Crippen molar-refractivity contribution in [2.24, 2.45) is 0 Å². The summed E-state index contributed by atoms with van der Waals surface area (Å²) in [5.41, 5.74) is 0.339. The molecule has 0 spiro atoms. The van der Waals surface area contributed by atoms with E-state index in [1.807, 2.05) is 6.07 Å². The van der Waals surface area contributed by atoms with Gasteiger partial charge in [-0.3, -0.25) is 14.5 Å². The van der Waals surface area contributed by atoms with Crippen LogP contribution in [0.25, 0.3) is 0 Å². The van der Waals surface area contributed by atoms with Crippen molar-refractivity contribution >= 4 is 17.6 Å². The molecule has 1 saturated carbocycles. The predicted octanol–water partition coefficient (Wildman–Crippen LogP) is 2.70. The van der Waals surface area contributed by atoms with Crippen molar-refractivity contribution in [3.63, 3.8) is 0 Å². The lowest BCUT2D eigenvalue weighted by atomic mass is 9.82. The van der Waals surface area contributed by atoms with Crippen molar-refractivity contribution in [1.29, 1.82) is 0 Å². The first-order valence-corrected chi connectivity index (χ1v) is 10.3. The largest absolute Gasteiger partial charge is 0.339 e. The molecule has 3 rings (SSSR count). The second-order valence-corrected chi connectivity index (χ2v) is 7.89. The second-order valence-electron chi connectivity index (χ2n) is 7.89. The van der Waals surface area contributed by atoms with Gasteiger partial charge >= 0.3 is 0 Å². The third-order valence-corrected chi connectivity index (χ3v) is 5.42. The van der Waals surface area contributed by atoms with Crippen LogP contribution >= 0.6 is 0 Å². The van der Waals surface area contributed by atoms with E-state index >= 15 is 0 Å². The molecule has 2 aliphatic rings. The highest BCUT2D eigenvalue weighted by Gasteiger charge is 2.32. The van der Waals surface area contributed by atoms with Crippen molar-refractivity contribution in [3.8, 4) is 11.8 Å². The smallest absolute Gasteiger partial charge is 0.235 e. The summed E-state index contributed by atoms with van der Waals surface area (Å²) in [4.78, 5) is 30.2. The number of piperidine rings is 1. The minimum Gasteiger partial charge on any atom is -0.339 e. The monoisotopic (exact) mass is 382 g/mol. The van der Waals surface area contributed by atoms with Gasteiger partial charge in [-0.2, -0.15) is 0 Å². The van der Waals surface area contributed by atoms with Crippen LogP contribution in [-0.2, 0) is 9.59 Å². The zero-order valence-corrected chi connectivity index (χ0v) is 16.7. The maximum atomic E-state index is 12.7. The first kappa shape index (κ1) is 20.3. The number of nitrogens with one attached hydrogen (secondary N) is 2. The number of hydrogen-bond acceptors (Lipinski definition) is 4. The van der Waals surface area contributed by atoms with Crippen molar-refractivity contribution in [2.75, 3.05) is 25.0 Å². The minimum atomic E-state index is -0.443. The number of anilines is 1. The van der Waals surface area contributed by atoms with Gasteiger partial charge in [0.2, 0.25) is 11.8 Å². The van der Waals surface area contributed by atoms with E-state index in [9.17, 15) is 9.59 Å². The lowest BCUT2D eigenvalue weighted by Gasteiger charge is -2.35. The van der Waals surface area contributed by atoms with Crippen molar-refractivity contribution in [3.05, 3.63) is 23.9 Å². The van der Waals surface area contributed by atoms with Gasteiger partial charge in [-0.25, -0.2) is 4.98 Å². The molecule has 1 aromatic heterocycles. The molecule has 6 heteroatoms. The van der Waals surface area contributed by atoms with Crippen LogP contribution in [-0.4, -0.2) is 46.9 Å². The number of aromatic nitrogens is 1. The Labute approximate surface area is 167 Å². The Balaban J connectivity index is 1.66. The zero-order chi connectivity index (χ0) is 19.8. The summed E-state index contributed by atoms with van der Waals surface area (Å²) in [7, 11) is 0. The van der Waals surface area contributed by atoms with Gasteiger partial charge in [0, 0.05) is 18.7 Å². The van der Waals surface area contributed by atoms with Crippen LogP contribution in [0.15, 0.2) is 18.3 Å². The summed E-state index contributed by atoms with van der Waals surface area (Å²) in [6, 6.07) is 3.59. The molecule has 1 aromatic rings. The molecule has 2 fully saturated rings. The highest BCUT2D eigenvalue weighted by Crippen LogP contribution is 2.28. The Hall–Kier alpha value is -2.39. The van der Waals surface area contributed by atoms with Gasteiger partial charge in [-0.05, 0) is 50.9 Å². The molecule has 0 aromatic carbocycles. The van der Waals surface area contributed by atoms with Gasteiger partial charge in [0.1, 0.15) is 11.4 Å². The summed E-state index contributed by atoms with van der Waals surface area (Å²) in [5, 5.41) is 5.91. The van der Waals surface area contributed by atoms with Gasteiger partial charge in [-0.1, -0.05) is 37.5 Å². The molecule has 0 bridgehead atoms. The van der Waals surface area contributed by atoms with Crippen LogP contribution in [0.2, 0.25) is 0 Å². The highest BCUT2D eigenvalue weighted by molar-refractivity contribution is 5.87. The molecule has 1 saturated heterocycles. The van der Waals surface area contributed by atoms with Crippen LogP contribution in [0.3, 0.4) is 0 Å². The van der Waals surface area contributed by atoms with Gasteiger partial charge in [0.05, 0.1) is 6.54 Å². The normalized spacial score (nSPS) is 19.2. The number of hydrogen-bond donors (Lipinski definition) is 2. The number of carbonyl (C=O) groups excluding carboxylic acids is 2. The lowest BCUT2D eigenvalue weighted by molar-refractivity contribution is -0.124. The van der Waals surface area contributed by atoms with Gasteiger partial charge in [-0.15, -0.1) is 0 Å². The third-order valence-electron chi connectivity index (χ3n) is 5.42. The van der Waals surface area contributed by atoms with Crippen LogP contribution in [0.5, 0.6) is 0 Å². The molecule has 0 unspecified atom stereocenters. The fourth-order valence-electron chi connectivity index (χ4n) is 3.98. The van der Waals surface area contributed by atoms with E-state index in [-0.39, 0.29) is 11.8 Å². The van der Waals surface area contributed by atoms with Crippen LogP contribution < -0.4 is 10.6 Å². The average molecular weight is 383 g/mol. The number of carbonyl (C=O) groups is 2. The Kier molecular flexibility index (Phi) is 7.05. The van der Waals surface area contributed by atoms with E-state index in [0.717, 1.165) is 44.3 Å². The molecule has 0 atom stereocenters. The van der Waals surface area contributed by atoms with E-state index < -0.39 is 5.54 Å². The lowest BCUT2D eigenvalue weighted by Crippen LogP contribution is -2.52. The number of amides is 2. The molecule has 1 aliphatic heterocycles. The summed E-state index contributed by atoms with van der Waals surface area (Å²) in [5.74, 6) is 6.99. The maximum Gasteiger partial charge on any atom is 0.235 e. The number of likely N-dealkylation sites (tertiary alicyclic amines) is 1. The van der Waals surface area contributed by atoms with E-state index in [0.29, 0.717) is 12.4 Å². The van der Waals surface area contributed by atoms with E-state index in [1.165, 1.54) is 32.6 Å². The van der Waals surface area contributed by atoms with Crippen molar-refractivity contribution < 1.29 is 9.59 Å². The summed E-state index contributed by atoms with van der Waals surface area (Å²) in [6.07, 6.45) is 10.4. The van der Waals surface area contributed by atoms with E-state index in [1.54, 1.807) is 12.3 Å². The molecule has 150 valence electrons. The standard InChI is InChI=1S/C22H30N4O2/c1-18(27)24-20-9-8-19(16-23-20)10-13-22(11-4-2-5-12-22)25-21(28)17-26-14-6-3-7-15-26/h8-9,16H,2-7,11-12,14-15,17H2,1H3,(H,25,28)(H,23,24,27). The van der Waals surface area contributed by atoms with Crippen LogP contribution in [0, 0.1) is 11.8 Å². The molecule has 28 heavy (non-hydrogen) atoms. The summed E-state index contributed by atoms with van der Waals surface area (Å²) >= 11 is 0. The highest BCUT2D eigenvalue weighted by atomic mass is 16.2. The molecule has 1 aliphatic carbocycles. The average Bonchev–Trinajstić information content (AvgIpc) is 2.68.